The fourth-order valence-corrected chi connectivity index (χ4v) is 1.31. The first-order valence-corrected chi connectivity index (χ1v) is 5.64. The van der Waals surface area contributed by atoms with Crippen LogP contribution in [0.3, 0.4) is 0 Å². The second kappa shape index (κ2) is 6.38. The number of aromatic hydroxyl groups is 2. The lowest BCUT2D eigenvalue weighted by molar-refractivity contribution is 0.474. The Hall–Kier alpha value is -1.38. The van der Waals surface area contributed by atoms with E-state index in [1.54, 1.807) is 42.5 Å². The second-order valence-electron chi connectivity index (χ2n) is 3.41. The van der Waals surface area contributed by atoms with E-state index in [2.05, 4.69) is 0 Å². The van der Waals surface area contributed by atoms with Crippen LogP contribution in [0.2, 0.25) is 10.0 Å². The van der Waals surface area contributed by atoms with E-state index in [0.29, 0.717) is 10.0 Å². The summed E-state index contributed by atoms with van der Waals surface area (Å²) in [5.41, 5.74) is 0.900. The molecule has 0 bridgehead atoms. The van der Waals surface area contributed by atoms with Crippen LogP contribution >= 0.6 is 23.2 Å². The van der Waals surface area contributed by atoms with Crippen molar-refractivity contribution in [1.29, 1.82) is 0 Å². The molecule has 0 radical (unpaired) electrons. The summed E-state index contributed by atoms with van der Waals surface area (Å²) in [6, 6.07) is 11.2. The van der Waals surface area contributed by atoms with E-state index in [1.165, 1.54) is 0 Å². The Morgan fingerprint density at radius 2 is 1.35 bits per heavy atom. The van der Waals surface area contributed by atoms with Gasteiger partial charge in [0.05, 0.1) is 0 Å². The Balaban J connectivity index is 0.000000171. The van der Waals surface area contributed by atoms with Crippen LogP contribution in [-0.4, -0.2) is 10.2 Å². The number of phenols is 2. The molecule has 90 valence electrons. The molecule has 0 saturated heterocycles. The zero-order valence-corrected chi connectivity index (χ0v) is 10.7. The molecule has 0 aliphatic carbocycles. The number of hydrogen-bond donors (Lipinski definition) is 2. The molecule has 2 nitrogen and oxygen atoms in total. The quantitative estimate of drug-likeness (QED) is 0.745. The van der Waals surface area contributed by atoms with Gasteiger partial charge in [0.25, 0.3) is 0 Å². The molecule has 0 aliphatic heterocycles. The summed E-state index contributed by atoms with van der Waals surface area (Å²) >= 11 is 11.2. The predicted octanol–water partition coefficient (Wildman–Crippen LogP) is 4.40. The number of aryl methyl sites for hydroxylation is 1. The van der Waals surface area contributed by atoms with Gasteiger partial charge >= 0.3 is 0 Å². The van der Waals surface area contributed by atoms with Crippen molar-refractivity contribution in [3.8, 4) is 11.5 Å². The normalized spacial score (nSPS) is 9.35. The van der Waals surface area contributed by atoms with Crippen molar-refractivity contribution < 1.29 is 10.2 Å². The Labute approximate surface area is 110 Å². The summed E-state index contributed by atoms with van der Waals surface area (Å²) in [6.45, 7) is 1.85. The third-order valence-corrected chi connectivity index (χ3v) is 2.64. The van der Waals surface area contributed by atoms with Crippen LogP contribution in [-0.2, 0) is 0 Å². The number of phenolic OH excluding ortho intramolecular Hbond substituents is 2. The SMILES string of the molecule is Cc1cc(O)ccc1Cl.Oc1ccc(Cl)cc1. The van der Waals surface area contributed by atoms with Gasteiger partial charge in [0.1, 0.15) is 11.5 Å². The first kappa shape index (κ1) is 13.7. The summed E-state index contributed by atoms with van der Waals surface area (Å²) in [6.07, 6.45) is 0. The minimum atomic E-state index is 0.245. The molecule has 0 fully saturated rings. The van der Waals surface area contributed by atoms with Crippen molar-refractivity contribution >= 4 is 23.2 Å². The maximum atomic E-state index is 8.88. The average molecular weight is 271 g/mol. The third-order valence-electron chi connectivity index (χ3n) is 1.97. The van der Waals surface area contributed by atoms with Crippen LogP contribution in [0, 0.1) is 6.92 Å². The van der Waals surface area contributed by atoms with Gasteiger partial charge in [0.15, 0.2) is 0 Å². The van der Waals surface area contributed by atoms with Crippen molar-refractivity contribution in [2.75, 3.05) is 0 Å². The highest BCUT2D eigenvalue weighted by molar-refractivity contribution is 6.31. The van der Waals surface area contributed by atoms with Crippen molar-refractivity contribution in [3.63, 3.8) is 0 Å². The van der Waals surface area contributed by atoms with E-state index >= 15 is 0 Å². The number of rotatable bonds is 0. The standard InChI is InChI=1S/C7H7ClO.C6H5ClO/c1-5-4-6(9)2-3-7(5)8;7-5-1-3-6(8)4-2-5/h2-4,9H,1H3;1-4,8H. The van der Waals surface area contributed by atoms with Gasteiger partial charge in [-0.2, -0.15) is 0 Å². The summed E-state index contributed by atoms with van der Waals surface area (Å²) in [5.74, 6) is 0.506. The lowest BCUT2D eigenvalue weighted by atomic mass is 10.2. The van der Waals surface area contributed by atoms with E-state index in [4.69, 9.17) is 33.4 Å². The summed E-state index contributed by atoms with van der Waals surface area (Å²) < 4.78 is 0. The van der Waals surface area contributed by atoms with Crippen LogP contribution < -0.4 is 0 Å². The van der Waals surface area contributed by atoms with Crippen LogP contribution in [0.25, 0.3) is 0 Å². The molecule has 0 atom stereocenters. The van der Waals surface area contributed by atoms with E-state index in [1.807, 2.05) is 6.92 Å². The molecular formula is C13H12Cl2O2. The van der Waals surface area contributed by atoms with Gasteiger partial charge in [-0.25, -0.2) is 0 Å². The van der Waals surface area contributed by atoms with Gasteiger partial charge < -0.3 is 10.2 Å². The van der Waals surface area contributed by atoms with Crippen molar-refractivity contribution in [2.24, 2.45) is 0 Å². The first-order chi connectivity index (χ1) is 7.99. The molecule has 17 heavy (non-hydrogen) atoms. The highest BCUT2D eigenvalue weighted by atomic mass is 35.5. The largest absolute Gasteiger partial charge is 0.508 e. The molecule has 4 heteroatoms. The molecule has 2 N–H and O–H groups in total. The van der Waals surface area contributed by atoms with Crippen LogP contribution in [0.5, 0.6) is 11.5 Å². The van der Waals surface area contributed by atoms with E-state index in [0.717, 1.165) is 5.56 Å². The van der Waals surface area contributed by atoms with Crippen molar-refractivity contribution in [1.82, 2.24) is 0 Å². The summed E-state index contributed by atoms with van der Waals surface area (Å²) in [5, 5.41) is 18.9. The molecule has 2 aromatic rings. The van der Waals surface area contributed by atoms with Crippen LogP contribution in [0.4, 0.5) is 0 Å². The summed E-state index contributed by atoms with van der Waals surface area (Å²) in [4.78, 5) is 0. The Kier molecular flexibility index (Phi) is 5.13. The Morgan fingerprint density at radius 3 is 1.76 bits per heavy atom. The fraction of sp³-hybridized carbons (Fsp3) is 0.0769. The topological polar surface area (TPSA) is 40.5 Å². The van der Waals surface area contributed by atoms with Crippen molar-refractivity contribution in [3.05, 3.63) is 58.1 Å². The zero-order valence-electron chi connectivity index (χ0n) is 9.19. The molecule has 0 aliphatic rings. The predicted molar refractivity (Wildman–Crippen MR) is 71.0 cm³/mol. The molecule has 0 unspecified atom stereocenters. The maximum Gasteiger partial charge on any atom is 0.115 e. The van der Waals surface area contributed by atoms with E-state index in [9.17, 15) is 0 Å². The highest BCUT2D eigenvalue weighted by Crippen LogP contribution is 2.19. The first-order valence-electron chi connectivity index (χ1n) is 4.88. The third kappa shape index (κ3) is 4.98. The minimum absolute atomic E-state index is 0.245. The zero-order chi connectivity index (χ0) is 12.8. The fourth-order valence-electron chi connectivity index (χ4n) is 1.07. The molecule has 0 heterocycles. The molecule has 2 rings (SSSR count). The van der Waals surface area contributed by atoms with Gasteiger partial charge in [0.2, 0.25) is 0 Å². The van der Waals surface area contributed by atoms with Gasteiger partial charge in [-0.15, -0.1) is 0 Å². The van der Waals surface area contributed by atoms with Crippen molar-refractivity contribution in [2.45, 2.75) is 6.92 Å². The van der Waals surface area contributed by atoms with E-state index in [-0.39, 0.29) is 11.5 Å². The molecule has 0 aromatic heterocycles. The van der Waals surface area contributed by atoms with Gasteiger partial charge in [-0.05, 0) is 55.0 Å². The minimum Gasteiger partial charge on any atom is -0.508 e. The summed E-state index contributed by atoms with van der Waals surface area (Å²) in [7, 11) is 0. The Morgan fingerprint density at radius 1 is 0.824 bits per heavy atom. The molecule has 0 spiro atoms. The van der Waals surface area contributed by atoms with Gasteiger partial charge in [0, 0.05) is 10.0 Å². The number of halogens is 2. The molecule has 2 aromatic carbocycles. The number of benzene rings is 2. The Bertz CT molecular complexity index is 460. The highest BCUT2D eigenvalue weighted by Gasteiger charge is 1.93. The average Bonchev–Trinajstić information content (AvgIpc) is 2.29. The lowest BCUT2D eigenvalue weighted by Crippen LogP contribution is -1.71. The van der Waals surface area contributed by atoms with E-state index < -0.39 is 0 Å². The molecular weight excluding hydrogens is 259 g/mol. The van der Waals surface area contributed by atoms with Gasteiger partial charge in [-0.1, -0.05) is 23.2 Å². The monoisotopic (exact) mass is 270 g/mol. The maximum absolute atomic E-state index is 8.88. The molecule has 0 amide bonds. The lowest BCUT2D eigenvalue weighted by Gasteiger charge is -1.95. The number of hydrogen-bond acceptors (Lipinski definition) is 2. The van der Waals surface area contributed by atoms with Gasteiger partial charge in [-0.3, -0.25) is 0 Å². The molecule has 0 saturated carbocycles. The smallest absolute Gasteiger partial charge is 0.115 e. The second-order valence-corrected chi connectivity index (χ2v) is 4.25. The van der Waals surface area contributed by atoms with Crippen LogP contribution in [0.1, 0.15) is 5.56 Å². The van der Waals surface area contributed by atoms with Crippen LogP contribution in [0.15, 0.2) is 42.5 Å².